The van der Waals surface area contributed by atoms with E-state index in [-0.39, 0.29) is 0 Å². The van der Waals surface area contributed by atoms with Crippen molar-refractivity contribution in [1.82, 2.24) is 4.98 Å². The third kappa shape index (κ3) is 1.77. The summed E-state index contributed by atoms with van der Waals surface area (Å²) in [6, 6.07) is 5.17. The van der Waals surface area contributed by atoms with Gasteiger partial charge < -0.3 is 14.8 Å². The summed E-state index contributed by atoms with van der Waals surface area (Å²) in [5.41, 5.74) is 1.25. The fourth-order valence-electron chi connectivity index (χ4n) is 1.59. The second kappa shape index (κ2) is 4.15. The van der Waals surface area contributed by atoms with Gasteiger partial charge in [0.15, 0.2) is 6.10 Å². The average Bonchev–Trinajstić information content (AvgIpc) is 2.69. The minimum atomic E-state index is -1.28. The topological polar surface area (TPSA) is 62.3 Å². The van der Waals surface area contributed by atoms with Crippen LogP contribution in [0, 0.1) is 0 Å². The summed E-state index contributed by atoms with van der Waals surface area (Å²) in [5.74, 6) is -0.684. The molecule has 16 heavy (non-hydrogen) atoms. The molecular weight excluding hydrogens is 230 g/mol. The number of hydrogen-bond donors (Lipinski definition) is 2. The zero-order chi connectivity index (χ0) is 11.7. The molecule has 0 aliphatic rings. The second-order valence-electron chi connectivity index (χ2n) is 3.36. The largest absolute Gasteiger partial charge is 0.467 e. The van der Waals surface area contributed by atoms with Crippen LogP contribution in [-0.4, -0.2) is 23.2 Å². The highest BCUT2D eigenvalue weighted by Gasteiger charge is 2.21. The first kappa shape index (κ1) is 11.0. The van der Waals surface area contributed by atoms with E-state index in [9.17, 15) is 9.90 Å². The molecule has 1 heterocycles. The van der Waals surface area contributed by atoms with Crippen molar-refractivity contribution >= 4 is 28.5 Å². The van der Waals surface area contributed by atoms with Crippen LogP contribution in [0.1, 0.15) is 11.7 Å². The Morgan fingerprint density at radius 1 is 1.56 bits per heavy atom. The van der Waals surface area contributed by atoms with Crippen molar-refractivity contribution in [2.75, 3.05) is 7.11 Å². The lowest BCUT2D eigenvalue weighted by atomic mass is 10.1. The van der Waals surface area contributed by atoms with Crippen molar-refractivity contribution in [1.29, 1.82) is 0 Å². The predicted octanol–water partition coefficient (Wildman–Crippen LogP) is 2.03. The number of aliphatic hydroxyl groups excluding tert-OH is 1. The first-order valence-electron chi connectivity index (χ1n) is 4.66. The fraction of sp³-hybridized carbons (Fsp3) is 0.182. The summed E-state index contributed by atoms with van der Waals surface area (Å²) < 4.78 is 4.48. The summed E-state index contributed by atoms with van der Waals surface area (Å²) in [6.45, 7) is 0. The molecule has 2 aromatic rings. The Morgan fingerprint density at radius 3 is 3.00 bits per heavy atom. The van der Waals surface area contributed by atoms with Gasteiger partial charge >= 0.3 is 5.97 Å². The normalized spacial score (nSPS) is 12.7. The number of ether oxygens (including phenoxy) is 1. The molecule has 84 valence electrons. The molecule has 5 heteroatoms. The smallest absolute Gasteiger partial charge is 0.339 e. The van der Waals surface area contributed by atoms with Crippen molar-refractivity contribution in [3.63, 3.8) is 0 Å². The Bertz CT molecular complexity index is 535. The molecule has 4 nitrogen and oxygen atoms in total. The lowest BCUT2D eigenvalue weighted by molar-refractivity contribution is -0.150. The van der Waals surface area contributed by atoms with E-state index >= 15 is 0 Å². The van der Waals surface area contributed by atoms with Crippen LogP contribution < -0.4 is 0 Å². The van der Waals surface area contributed by atoms with Crippen LogP contribution in [0.25, 0.3) is 10.9 Å². The van der Waals surface area contributed by atoms with Gasteiger partial charge in [-0.25, -0.2) is 4.79 Å². The monoisotopic (exact) mass is 239 g/mol. The van der Waals surface area contributed by atoms with E-state index in [0.29, 0.717) is 10.6 Å². The highest BCUT2D eigenvalue weighted by molar-refractivity contribution is 6.31. The third-order valence-corrected chi connectivity index (χ3v) is 2.63. The Morgan fingerprint density at radius 2 is 2.31 bits per heavy atom. The molecule has 1 unspecified atom stereocenters. The number of carbonyl (C=O) groups is 1. The van der Waals surface area contributed by atoms with Gasteiger partial charge in [0.1, 0.15) is 0 Å². The van der Waals surface area contributed by atoms with Crippen LogP contribution in [0.15, 0.2) is 24.4 Å². The van der Waals surface area contributed by atoms with Gasteiger partial charge in [-0.05, 0) is 12.1 Å². The number of H-pyrrole nitrogens is 1. The number of carbonyl (C=O) groups excluding carboxylic acids is 1. The molecule has 1 aromatic carbocycles. The Kier molecular flexibility index (Phi) is 2.85. The van der Waals surface area contributed by atoms with Crippen molar-refractivity contribution in [3.8, 4) is 0 Å². The summed E-state index contributed by atoms with van der Waals surface area (Å²) in [4.78, 5) is 14.1. The molecule has 2 rings (SSSR count). The minimum absolute atomic E-state index is 0.485. The number of nitrogens with one attached hydrogen (secondary N) is 1. The van der Waals surface area contributed by atoms with E-state index in [1.807, 2.05) is 0 Å². The Hall–Kier alpha value is -1.52. The maximum absolute atomic E-state index is 11.2. The van der Waals surface area contributed by atoms with Gasteiger partial charge in [-0.1, -0.05) is 17.7 Å². The maximum Gasteiger partial charge on any atom is 0.339 e. The number of methoxy groups -OCH3 is 1. The minimum Gasteiger partial charge on any atom is -0.467 e. The molecule has 0 saturated heterocycles. The van der Waals surface area contributed by atoms with Gasteiger partial charge in [-0.2, -0.15) is 0 Å². The van der Waals surface area contributed by atoms with Gasteiger partial charge in [0.2, 0.25) is 0 Å². The van der Waals surface area contributed by atoms with Crippen LogP contribution in [0.2, 0.25) is 5.02 Å². The van der Waals surface area contributed by atoms with Crippen LogP contribution in [-0.2, 0) is 9.53 Å². The van der Waals surface area contributed by atoms with Crippen LogP contribution in [0.3, 0.4) is 0 Å². The van der Waals surface area contributed by atoms with Gasteiger partial charge in [0.05, 0.1) is 7.11 Å². The van der Waals surface area contributed by atoms with Gasteiger partial charge in [-0.3, -0.25) is 0 Å². The number of fused-ring (bicyclic) bond motifs is 1. The second-order valence-corrected chi connectivity index (χ2v) is 3.80. The number of aromatic amines is 1. The SMILES string of the molecule is COC(=O)C(O)c1c[nH]c2cc(Cl)ccc12. The fourth-order valence-corrected chi connectivity index (χ4v) is 1.76. The molecule has 0 amide bonds. The molecule has 0 bridgehead atoms. The van der Waals surface area contributed by atoms with Gasteiger partial charge in [0, 0.05) is 27.7 Å². The van der Waals surface area contributed by atoms with Crippen LogP contribution in [0.5, 0.6) is 0 Å². The molecule has 0 radical (unpaired) electrons. The van der Waals surface area contributed by atoms with Crippen molar-refractivity contribution in [2.24, 2.45) is 0 Å². The number of aliphatic hydroxyl groups is 1. The van der Waals surface area contributed by atoms with Crippen LogP contribution in [0.4, 0.5) is 0 Å². The molecule has 0 spiro atoms. The van der Waals surface area contributed by atoms with Crippen molar-refractivity contribution < 1.29 is 14.6 Å². The molecule has 0 aliphatic heterocycles. The van der Waals surface area contributed by atoms with E-state index in [1.54, 1.807) is 24.4 Å². The van der Waals surface area contributed by atoms with Crippen LogP contribution >= 0.6 is 11.6 Å². The van der Waals surface area contributed by atoms with E-state index in [1.165, 1.54) is 7.11 Å². The van der Waals surface area contributed by atoms with Crippen molar-refractivity contribution in [2.45, 2.75) is 6.10 Å². The van der Waals surface area contributed by atoms with E-state index in [2.05, 4.69) is 9.72 Å². The summed E-state index contributed by atoms with van der Waals surface area (Å²) in [6.07, 6.45) is 0.294. The molecule has 1 atom stereocenters. The third-order valence-electron chi connectivity index (χ3n) is 2.39. The number of esters is 1. The lowest BCUT2D eigenvalue weighted by Crippen LogP contribution is -2.12. The van der Waals surface area contributed by atoms with E-state index in [4.69, 9.17) is 11.6 Å². The van der Waals surface area contributed by atoms with E-state index in [0.717, 1.165) is 10.9 Å². The van der Waals surface area contributed by atoms with Gasteiger partial charge in [-0.15, -0.1) is 0 Å². The number of halogens is 1. The average molecular weight is 240 g/mol. The first-order chi connectivity index (χ1) is 7.63. The highest BCUT2D eigenvalue weighted by atomic mass is 35.5. The number of benzene rings is 1. The first-order valence-corrected chi connectivity index (χ1v) is 5.03. The maximum atomic E-state index is 11.2. The van der Waals surface area contributed by atoms with Crippen molar-refractivity contribution in [3.05, 3.63) is 35.0 Å². The summed E-state index contributed by atoms with van der Waals surface area (Å²) in [7, 11) is 1.23. The number of hydrogen-bond acceptors (Lipinski definition) is 3. The Balaban J connectivity index is 2.50. The molecule has 0 fully saturated rings. The molecule has 2 N–H and O–H groups in total. The summed E-state index contributed by atoms with van der Waals surface area (Å²) >= 11 is 5.82. The van der Waals surface area contributed by atoms with E-state index < -0.39 is 12.1 Å². The van der Waals surface area contributed by atoms with Gasteiger partial charge in [0.25, 0.3) is 0 Å². The molecule has 0 aliphatic carbocycles. The number of rotatable bonds is 2. The zero-order valence-electron chi connectivity index (χ0n) is 8.53. The molecular formula is C11H10ClNO3. The number of aromatic nitrogens is 1. The molecule has 0 saturated carbocycles. The molecule has 1 aromatic heterocycles. The Labute approximate surface area is 96.8 Å². The quantitative estimate of drug-likeness (QED) is 0.789. The predicted molar refractivity (Wildman–Crippen MR) is 60.3 cm³/mol. The standard InChI is InChI=1S/C11H10ClNO3/c1-16-11(15)10(14)8-5-13-9-4-6(12)2-3-7(8)9/h2-5,10,13-14H,1H3. The zero-order valence-corrected chi connectivity index (χ0v) is 9.28. The summed E-state index contributed by atoms with van der Waals surface area (Å²) in [5, 5.41) is 11.1. The lowest BCUT2D eigenvalue weighted by Gasteiger charge is -2.06. The highest BCUT2D eigenvalue weighted by Crippen LogP contribution is 2.26.